The summed E-state index contributed by atoms with van der Waals surface area (Å²) >= 11 is 1.87. The highest BCUT2D eigenvalue weighted by Crippen LogP contribution is 2.38. The van der Waals surface area contributed by atoms with E-state index in [9.17, 15) is 0 Å². The van der Waals surface area contributed by atoms with Crippen LogP contribution in [0.3, 0.4) is 0 Å². The van der Waals surface area contributed by atoms with Crippen molar-refractivity contribution >= 4 is 17.4 Å². The van der Waals surface area contributed by atoms with Gasteiger partial charge in [-0.15, -0.1) is 11.8 Å². The fourth-order valence-corrected chi connectivity index (χ4v) is 3.67. The van der Waals surface area contributed by atoms with Gasteiger partial charge >= 0.3 is 0 Å². The molecule has 0 bridgehead atoms. The largest absolute Gasteiger partial charge is 0.397 e. The molecule has 0 saturated heterocycles. The normalized spacial score (nSPS) is 25.6. The molecule has 0 amide bonds. The molecule has 2 nitrogen and oxygen atoms in total. The Morgan fingerprint density at radius 1 is 1.50 bits per heavy atom. The zero-order valence-electron chi connectivity index (χ0n) is 9.86. The van der Waals surface area contributed by atoms with Gasteiger partial charge in [0.2, 0.25) is 0 Å². The van der Waals surface area contributed by atoms with Gasteiger partial charge in [0, 0.05) is 11.4 Å². The number of nitrogens with two attached hydrogens (primary N) is 1. The third-order valence-corrected chi connectivity index (χ3v) is 4.72. The molecule has 0 spiro atoms. The molecule has 1 fully saturated rings. The van der Waals surface area contributed by atoms with Gasteiger partial charge in [0.25, 0.3) is 0 Å². The number of hydrogen-bond acceptors (Lipinski definition) is 3. The molecular weight excluding hydrogens is 216 g/mol. The van der Waals surface area contributed by atoms with E-state index in [1.165, 1.54) is 32.1 Å². The Balaban J connectivity index is 1.97. The molecule has 2 N–H and O–H groups in total. The van der Waals surface area contributed by atoms with Crippen molar-refractivity contribution in [3.63, 3.8) is 0 Å². The van der Waals surface area contributed by atoms with Crippen LogP contribution in [0.5, 0.6) is 0 Å². The van der Waals surface area contributed by atoms with E-state index in [1.54, 1.807) is 0 Å². The fourth-order valence-electron chi connectivity index (χ4n) is 2.38. The summed E-state index contributed by atoms with van der Waals surface area (Å²) in [7, 11) is 0. The maximum absolute atomic E-state index is 5.92. The van der Waals surface area contributed by atoms with Crippen LogP contribution in [0, 0.1) is 5.92 Å². The van der Waals surface area contributed by atoms with Gasteiger partial charge in [0.15, 0.2) is 0 Å². The number of aromatic nitrogens is 1. The number of hydrogen-bond donors (Lipinski definition) is 1. The minimum Gasteiger partial charge on any atom is -0.397 e. The third kappa shape index (κ3) is 2.91. The molecule has 2 atom stereocenters. The summed E-state index contributed by atoms with van der Waals surface area (Å²) in [4.78, 5) is 4.36. The second kappa shape index (κ2) is 5.58. The second-order valence-corrected chi connectivity index (χ2v) is 5.87. The predicted octanol–water partition coefficient (Wildman–Crippen LogP) is 3.72. The highest BCUT2D eigenvalue weighted by molar-refractivity contribution is 8.00. The quantitative estimate of drug-likeness (QED) is 0.869. The van der Waals surface area contributed by atoms with Gasteiger partial charge in [0.1, 0.15) is 5.03 Å². The van der Waals surface area contributed by atoms with E-state index in [2.05, 4.69) is 11.9 Å². The summed E-state index contributed by atoms with van der Waals surface area (Å²) in [5, 5.41) is 1.74. The Kier molecular flexibility index (Phi) is 4.10. The minimum atomic E-state index is 0.718. The van der Waals surface area contributed by atoms with Crippen molar-refractivity contribution < 1.29 is 0 Å². The number of anilines is 1. The van der Waals surface area contributed by atoms with E-state index in [0.29, 0.717) is 0 Å². The van der Waals surface area contributed by atoms with Crippen LogP contribution in [-0.2, 0) is 0 Å². The molecule has 2 unspecified atom stereocenters. The molecule has 1 aliphatic rings. The summed E-state index contributed by atoms with van der Waals surface area (Å²) in [5.41, 5.74) is 6.75. The lowest BCUT2D eigenvalue weighted by Gasteiger charge is -2.27. The zero-order valence-corrected chi connectivity index (χ0v) is 10.7. The van der Waals surface area contributed by atoms with Crippen molar-refractivity contribution in [1.82, 2.24) is 4.98 Å². The zero-order chi connectivity index (χ0) is 11.4. The predicted molar refractivity (Wildman–Crippen MR) is 70.5 cm³/mol. The first kappa shape index (κ1) is 11.8. The molecule has 1 aliphatic carbocycles. The van der Waals surface area contributed by atoms with Crippen LogP contribution in [0.2, 0.25) is 0 Å². The molecule has 3 heteroatoms. The molecule has 16 heavy (non-hydrogen) atoms. The van der Waals surface area contributed by atoms with Crippen LogP contribution in [0.15, 0.2) is 23.4 Å². The fraction of sp³-hybridized carbons (Fsp3) is 0.615. The number of pyridine rings is 1. The highest BCUT2D eigenvalue weighted by Gasteiger charge is 2.22. The molecule has 0 aliphatic heterocycles. The molecule has 0 radical (unpaired) electrons. The van der Waals surface area contributed by atoms with Gasteiger partial charge < -0.3 is 5.73 Å². The van der Waals surface area contributed by atoms with E-state index in [1.807, 2.05) is 30.1 Å². The van der Waals surface area contributed by atoms with Gasteiger partial charge in [-0.3, -0.25) is 0 Å². The molecule has 1 aromatic rings. The monoisotopic (exact) mass is 236 g/mol. The molecule has 88 valence electrons. The Hall–Kier alpha value is -0.700. The van der Waals surface area contributed by atoms with E-state index in [4.69, 9.17) is 5.73 Å². The van der Waals surface area contributed by atoms with Crippen LogP contribution in [0.1, 0.15) is 39.0 Å². The Morgan fingerprint density at radius 2 is 2.38 bits per heavy atom. The van der Waals surface area contributed by atoms with Crippen LogP contribution >= 0.6 is 11.8 Å². The highest BCUT2D eigenvalue weighted by atomic mass is 32.2. The maximum atomic E-state index is 5.92. The smallest absolute Gasteiger partial charge is 0.119 e. The Bertz CT molecular complexity index is 340. The average Bonchev–Trinajstić information content (AvgIpc) is 2.32. The lowest BCUT2D eigenvalue weighted by molar-refractivity contribution is 0.357. The molecule has 0 aromatic carbocycles. The summed E-state index contributed by atoms with van der Waals surface area (Å²) < 4.78 is 0. The van der Waals surface area contributed by atoms with Crippen molar-refractivity contribution in [3.05, 3.63) is 18.3 Å². The average molecular weight is 236 g/mol. The third-order valence-electron chi connectivity index (χ3n) is 3.39. The Morgan fingerprint density at radius 3 is 3.12 bits per heavy atom. The van der Waals surface area contributed by atoms with E-state index >= 15 is 0 Å². The second-order valence-electron chi connectivity index (χ2n) is 4.58. The first-order chi connectivity index (χ1) is 7.79. The lowest BCUT2D eigenvalue weighted by Crippen LogP contribution is -2.17. The topological polar surface area (TPSA) is 38.9 Å². The van der Waals surface area contributed by atoms with E-state index in [-0.39, 0.29) is 0 Å². The molecule has 2 rings (SSSR count). The van der Waals surface area contributed by atoms with Crippen molar-refractivity contribution in [2.45, 2.75) is 49.3 Å². The maximum Gasteiger partial charge on any atom is 0.119 e. The van der Waals surface area contributed by atoms with Gasteiger partial charge in [-0.2, -0.15) is 0 Å². The van der Waals surface area contributed by atoms with Crippen LogP contribution in [0.4, 0.5) is 5.69 Å². The molecule has 1 saturated carbocycles. The first-order valence-electron chi connectivity index (χ1n) is 6.16. The van der Waals surface area contributed by atoms with Crippen molar-refractivity contribution in [1.29, 1.82) is 0 Å². The first-order valence-corrected chi connectivity index (χ1v) is 7.04. The van der Waals surface area contributed by atoms with E-state index < -0.39 is 0 Å². The van der Waals surface area contributed by atoms with Crippen molar-refractivity contribution in [2.24, 2.45) is 5.92 Å². The molecule has 1 heterocycles. The number of thioether (sulfide) groups is 1. The van der Waals surface area contributed by atoms with Gasteiger partial charge in [-0.1, -0.05) is 26.2 Å². The molecular formula is C13H20N2S. The number of nitrogen functional groups attached to an aromatic ring is 1. The minimum absolute atomic E-state index is 0.718. The van der Waals surface area contributed by atoms with E-state index in [0.717, 1.165) is 21.9 Å². The SMILES string of the molecule is CCC1CCCC(Sc2ncccc2N)C1. The summed E-state index contributed by atoms with van der Waals surface area (Å²) in [6.07, 6.45) is 8.57. The summed E-state index contributed by atoms with van der Waals surface area (Å²) in [6.45, 7) is 2.30. The summed E-state index contributed by atoms with van der Waals surface area (Å²) in [6, 6.07) is 3.84. The Labute approximate surface area is 102 Å². The van der Waals surface area contributed by atoms with Crippen LogP contribution in [0.25, 0.3) is 0 Å². The number of rotatable bonds is 3. The van der Waals surface area contributed by atoms with Gasteiger partial charge in [-0.25, -0.2) is 4.98 Å². The van der Waals surface area contributed by atoms with Gasteiger partial charge in [-0.05, 0) is 30.9 Å². The van der Waals surface area contributed by atoms with Crippen molar-refractivity contribution in [3.8, 4) is 0 Å². The van der Waals surface area contributed by atoms with Crippen LogP contribution < -0.4 is 5.73 Å². The van der Waals surface area contributed by atoms with Crippen molar-refractivity contribution in [2.75, 3.05) is 5.73 Å². The number of nitrogens with zero attached hydrogens (tertiary/aromatic N) is 1. The summed E-state index contributed by atoms with van der Waals surface area (Å²) in [5.74, 6) is 0.913. The van der Waals surface area contributed by atoms with Crippen LogP contribution in [-0.4, -0.2) is 10.2 Å². The standard InChI is InChI=1S/C13H20N2S/c1-2-10-5-3-6-11(9-10)16-13-12(14)7-4-8-15-13/h4,7-8,10-11H,2-3,5-6,9,14H2,1H3. The molecule has 1 aromatic heterocycles. The van der Waals surface area contributed by atoms with Gasteiger partial charge in [0.05, 0.1) is 5.69 Å². The lowest BCUT2D eigenvalue weighted by atomic mass is 9.87.